The summed E-state index contributed by atoms with van der Waals surface area (Å²) in [5, 5.41) is 18.9. The van der Waals surface area contributed by atoms with Gasteiger partial charge in [-0.3, -0.25) is 4.68 Å². The molecule has 0 fully saturated rings. The standard InChI is InChI=1S/C12H15N5O/c1-17-8-11(7-15-17)14-6-9-3-2-4-10(5-9)12(13)16-18/h2-5,7-8,14,18H,6H2,1H3,(H2,13,16). The van der Waals surface area contributed by atoms with Crippen LogP contribution in [-0.2, 0) is 13.6 Å². The Hall–Kier alpha value is -2.50. The second-order valence-electron chi connectivity index (χ2n) is 3.94. The molecule has 1 heterocycles. The Balaban J connectivity index is 2.05. The highest BCUT2D eigenvalue weighted by Crippen LogP contribution is 2.09. The Morgan fingerprint density at radius 3 is 3.06 bits per heavy atom. The third-order valence-electron chi connectivity index (χ3n) is 2.53. The maximum atomic E-state index is 8.63. The van der Waals surface area contributed by atoms with Crippen molar-refractivity contribution >= 4 is 11.5 Å². The second kappa shape index (κ2) is 5.22. The molecule has 0 spiro atoms. The van der Waals surface area contributed by atoms with Crippen molar-refractivity contribution in [1.82, 2.24) is 9.78 Å². The third kappa shape index (κ3) is 2.79. The molecule has 0 aliphatic carbocycles. The topological polar surface area (TPSA) is 88.5 Å². The molecule has 94 valence electrons. The van der Waals surface area contributed by atoms with Crippen LogP contribution in [-0.4, -0.2) is 20.8 Å². The molecule has 6 heteroatoms. The summed E-state index contributed by atoms with van der Waals surface area (Å²) >= 11 is 0. The highest BCUT2D eigenvalue weighted by atomic mass is 16.4. The lowest BCUT2D eigenvalue weighted by Crippen LogP contribution is -2.13. The van der Waals surface area contributed by atoms with Crippen LogP contribution in [0.2, 0.25) is 0 Å². The molecule has 0 radical (unpaired) electrons. The van der Waals surface area contributed by atoms with Crippen LogP contribution in [0, 0.1) is 0 Å². The van der Waals surface area contributed by atoms with Crippen LogP contribution in [0.3, 0.4) is 0 Å². The normalized spacial score (nSPS) is 11.5. The zero-order valence-electron chi connectivity index (χ0n) is 10.0. The average Bonchev–Trinajstić information content (AvgIpc) is 2.81. The predicted molar refractivity (Wildman–Crippen MR) is 69.5 cm³/mol. The molecule has 0 aliphatic rings. The fourth-order valence-corrected chi connectivity index (χ4v) is 1.61. The fraction of sp³-hybridized carbons (Fsp3) is 0.167. The quantitative estimate of drug-likeness (QED) is 0.326. The van der Waals surface area contributed by atoms with E-state index in [4.69, 9.17) is 10.9 Å². The van der Waals surface area contributed by atoms with E-state index in [9.17, 15) is 0 Å². The first kappa shape index (κ1) is 12.0. The van der Waals surface area contributed by atoms with Crippen LogP contribution in [0.15, 0.2) is 41.8 Å². The maximum Gasteiger partial charge on any atom is 0.170 e. The average molecular weight is 245 g/mol. The van der Waals surface area contributed by atoms with Gasteiger partial charge in [0.2, 0.25) is 0 Å². The van der Waals surface area contributed by atoms with Gasteiger partial charge in [-0.25, -0.2) is 0 Å². The van der Waals surface area contributed by atoms with Gasteiger partial charge >= 0.3 is 0 Å². The first-order valence-electron chi connectivity index (χ1n) is 5.48. The molecule has 0 aliphatic heterocycles. The molecule has 4 N–H and O–H groups in total. The maximum absolute atomic E-state index is 8.63. The lowest BCUT2D eigenvalue weighted by molar-refractivity contribution is 0.318. The number of aromatic nitrogens is 2. The number of anilines is 1. The van der Waals surface area contributed by atoms with Crippen LogP contribution in [0.1, 0.15) is 11.1 Å². The summed E-state index contributed by atoms with van der Waals surface area (Å²) in [7, 11) is 1.87. The summed E-state index contributed by atoms with van der Waals surface area (Å²) in [5.41, 5.74) is 8.23. The molecular formula is C12H15N5O. The van der Waals surface area contributed by atoms with E-state index < -0.39 is 0 Å². The summed E-state index contributed by atoms with van der Waals surface area (Å²) in [6.45, 7) is 0.651. The molecule has 2 rings (SSSR count). The van der Waals surface area contributed by atoms with Crippen LogP contribution in [0.5, 0.6) is 0 Å². The van der Waals surface area contributed by atoms with Gasteiger partial charge in [-0.15, -0.1) is 0 Å². The van der Waals surface area contributed by atoms with Gasteiger partial charge < -0.3 is 16.3 Å². The number of hydrogen-bond acceptors (Lipinski definition) is 4. The van der Waals surface area contributed by atoms with Crippen molar-refractivity contribution in [3.63, 3.8) is 0 Å². The summed E-state index contributed by atoms with van der Waals surface area (Å²) in [6.07, 6.45) is 3.65. The van der Waals surface area contributed by atoms with Crippen LogP contribution < -0.4 is 11.1 Å². The monoisotopic (exact) mass is 245 g/mol. The van der Waals surface area contributed by atoms with E-state index in [0.717, 1.165) is 11.3 Å². The minimum atomic E-state index is 0.109. The molecule has 0 bridgehead atoms. The Morgan fingerprint density at radius 2 is 2.39 bits per heavy atom. The number of hydrogen-bond donors (Lipinski definition) is 3. The van der Waals surface area contributed by atoms with Gasteiger partial charge in [-0.2, -0.15) is 5.10 Å². The zero-order valence-corrected chi connectivity index (χ0v) is 10.0. The Kier molecular flexibility index (Phi) is 3.47. The van der Waals surface area contributed by atoms with E-state index in [0.29, 0.717) is 12.1 Å². The number of nitrogens with zero attached hydrogens (tertiary/aromatic N) is 3. The number of benzene rings is 1. The van der Waals surface area contributed by atoms with Crippen molar-refractivity contribution < 1.29 is 5.21 Å². The van der Waals surface area contributed by atoms with Crippen molar-refractivity contribution in [1.29, 1.82) is 0 Å². The smallest absolute Gasteiger partial charge is 0.170 e. The van der Waals surface area contributed by atoms with Gasteiger partial charge in [0.05, 0.1) is 11.9 Å². The molecule has 0 saturated heterocycles. The van der Waals surface area contributed by atoms with Gasteiger partial charge in [0, 0.05) is 25.4 Å². The van der Waals surface area contributed by atoms with E-state index in [2.05, 4.69) is 15.6 Å². The van der Waals surface area contributed by atoms with Crippen molar-refractivity contribution in [2.75, 3.05) is 5.32 Å². The largest absolute Gasteiger partial charge is 0.409 e. The first-order chi connectivity index (χ1) is 8.69. The molecule has 0 amide bonds. The minimum absolute atomic E-state index is 0.109. The van der Waals surface area contributed by atoms with E-state index in [1.807, 2.05) is 31.4 Å². The summed E-state index contributed by atoms with van der Waals surface area (Å²) in [5.74, 6) is 0.109. The highest BCUT2D eigenvalue weighted by molar-refractivity contribution is 5.97. The molecule has 18 heavy (non-hydrogen) atoms. The van der Waals surface area contributed by atoms with E-state index in [1.54, 1.807) is 16.9 Å². The van der Waals surface area contributed by atoms with Gasteiger partial charge in [0.1, 0.15) is 0 Å². The summed E-state index contributed by atoms with van der Waals surface area (Å²) < 4.78 is 1.73. The van der Waals surface area contributed by atoms with E-state index in [1.165, 1.54) is 0 Å². The summed E-state index contributed by atoms with van der Waals surface area (Å²) in [6, 6.07) is 7.51. The number of aryl methyl sites for hydroxylation is 1. The van der Waals surface area contributed by atoms with Crippen LogP contribution >= 0.6 is 0 Å². The number of nitrogens with two attached hydrogens (primary N) is 1. The molecule has 0 atom stereocenters. The van der Waals surface area contributed by atoms with Gasteiger partial charge in [0.15, 0.2) is 5.84 Å². The zero-order chi connectivity index (χ0) is 13.0. The van der Waals surface area contributed by atoms with Crippen molar-refractivity contribution in [2.45, 2.75) is 6.54 Å². The van der Waals surface area contributed by atoms with Crippen molar-refractivity contribution in [2.24, 2.45) is 17.9 Å². The van der Waals surface area contributed by atoms with Crippen molar-refractivity contribution in [3.8, 4) is 0 Å². The Morgan fingerprint density at radius 1 is 1.56 bits per heavy atom. The molecule has 0 unspecified atom stereocenters. The molecule has 0 saturated carbocycles. The molecule has 2 aromatic rings. The van der Waals surface area contributed by atoms with Gasteiger partial charge in [-0.1, -0.05) is 23.4 Å². The second-order valence-corrected chi connectivity index (χ2v) is 3.94. The minimum Gasteiger partial charge on any atom is -0.409 e. The van der Waals surface area contributed by atoms with E-state index in [-0.39, 0.29) is 5.84 Å². The van der Waals surface area contributed by atoms with Crippen LogP contribution in [0.4, 0.5) is 5.69 Å². The fourth-order valence-electron chi connectivity index (χ4n) is 1.61. The number of oxime groups is 1. The lowest BCUT2D eigenvalue weighted by Gasteiger charge is -2.05. The Bertz CT molecular complexity index is 561. The third-order valence-corrected chi connectivity index (χ3v) is 2.53. The van der Waals surface area contributed by atoms with E-state index >= 15 is 0 Å². The number of rotatable bonds is 4. The molecule has 1 aromatic heterocycles. The van der Waals surface area contributed by atoms with Gasteiger partial charge in [0.25, 0.3) is 0 Å². The molecule has 1 aromatic carbocycles. The predicted octanol–water partition coefficient (Wildman–Crippen LogP) is 1.13. The molecular weight excluding hydrogens is 230 g/mol. The SMILES string of the molecule is Cn1cc(NCc2cccc(C(N)=NO)c2)cn1. The van der Waals surface area contributed by atoms with Crippen LogP contribution in [0.25, 0.3) is 0 Å². The molecule has 6 nitrogen and oxygen atoms in total. The number of amidine groups is 1. The van der Waals surface area contributed by atoms with Crippen molar-refractivity contribution in [3.05, 3.63) is 47.8 Å². The lowest BCUT2D eigenvalue weighted by atomic mass is 10.1. The number of nitrogens with one attached hydrogen (secondary N) is 1. The van der Waals surface area contributed by atoms with Gasteiger partial charge in [-0.05, 0) is 11.6 Å². The Labute approximate surface area is 105 Å². The summed E-state index contributed by atoms with van der Waals surface area (Å²) in [4.78, 5) is 0. The first-order valence-corrected chi connectivity index (χ1v) is 5.48. The highest BCUT2D eigenvalue weighted by Gasteiger charge is 2.01.